The average Bonchev–Trinajstić information content (AvgIpc) is 2.53. The van der Waals surface area contributed by atoms with Crippen LogP contribution in [0.15, 0.2) is 54.4 Å². The first-order valence-electron chi connectivity index (χ1n) is 8.45. The second-order valence-electron chi connectivity index (χ2n) is 2.68. The van der Waals surface area contributed by atoms with E-state index in [0.29, 0.717) is 0 Å². The molecule has 0 radical (unpaired) electrons. The van der Waals surface area contributed by atoms with Crippen molar-refractivity contribution >= 4 is 21.8 Å². The molecule has 1 heteroatoms. The van der Waals surface area contributed by atoms with E-state index in [1.165, 1.54) is 0 Å². The minimum atomic E-state index is -0.516. The number of aromatic nitrogens is 1. The third-order valence-electron chi connectivity index (χ3n) is 1.81. The number of nitrogens with zero attached hydrogens (tertiary/aromatic N) is 1. The van der Waals surface area contributed by atoms with Gasteiger partial charge in [0, 0.05) is 10.8 Å². The van der Waals surface area contributed by atoms with E-state index < -0.39 is 48.3 Å². The smallest absolute Gasteiger partial charge is 0.0709 e. The van der Waals surface area contributed by atoms with E-state index in [-0.39, 0.29) is 27.8 Å². The van der Waals surface area contributed by atoms with Gasteiger partial charge in [-0.05, 0) is 18.1 Å². The van der Waals surface area contributed by atoms with E-state index in [1.807, 2.05) is 0 Å². The summed E-state index contributed by atoms with van der Waals surface area (Å²) in [7, 11) is 0. The Kier molecular flexibility index (Phi) is 0.561. The molecule has 0 aliphatic rings. The van der Waals surface area contributed by atoms with Crippen LogP contribution >= 0.6 is 0 Å². The normalized spacial score (nSPS) is 19.9. The maximum atomic E-state index is 8.21. The van der Waals surface area contributed by atoms with Gasteiger partial charge in [-0.15, -0.1) is 0 Å². The average molecular weight is 188 g/mol. The van der Waals surface area contributed by atoms with Gasteiger partial charge in [0.25, 0.3) is 0 Å². The maximum Gasteiger partial charge on any atom is 0.0709 e. The van der Waals surface area contributed by atoms with Crippen LogP contribution in [0.1, 0.15) is 12.3 Å². The molecular weight excluding hydrogens is 170 g/mol. The van der Waals surface area contributed by atoms with Gasteiger partial charge in [-0.1, -0.05) is 36.3 Å². The number of fused-ring (bicyclic) bond motifs is 2. The molecule has 14 heavy (non-hydrogen) atoms. The second-order valence-corrected chi connectivity index (χ2v) is 2.68. The second kappa shape index (κ2) is 2.81. The Morgan fingerprint density at radius 2 is 1.29 bits per heavy atom. The molecular formula is C13H9N. The van der Waals surface area contributed by atoms with Crippen LogP contribution in [-0.4, -0.2) is 4.98 Å². The number of pyridine rings is 1. The van der Waals surface area contributed by atoms with Crippen molar-refractivity contribution in [3.05, 3.63) is 54.4 Å². The highest BCUT2D eigenvalue weighted by Crippen LogP contribution is 2.18. The first kappa shape index (κ1) is 2.80. The number of hydrogen-bond donors (Lipinski definition) is 0. The Morgan fingerprint density at radius 1 is 0.786 bits per heavy atom. The minimum absolute atomic E-state index is 0.159. The standard InChI is InChI=1S/C13H9N/c1-3-7-12-10(5-1)9-11-6-2-4-8-13(11)14-12/h1-9H/i1D,2D,3D,4D,5D,6D,7D,8D,9D. The number of hydrogen-bond acceptors (Lipinski definition) is 1. The van der Waals surface area contributed by atoms with Crippen molar-refractivity contribution in [1.29, 1.82) is 0 Å². The van der Waals surface area contributed by atoms with Gasteiger partial charge in [-0.2, -0.15) is 0 Å². The fourth-order valence-corrected chi connectivity index (χ4v) is 1.20. The summed E-state index contributed by atoms with van der Waals surface area (Å²) in [5.74, 6) is 0. The van der Waals surface area contributed by atoms with E-state index >= 15 is 0 Å². The third-order valence-corrected chi connectivity index (χ3v) is 1.81. The molecule has 0 bridgehead atoms. The Balaban J connectivity index is 2.73. The molecule has 0 atom stereocenters. The van der Waals surface area contributed by atoms with Crippen molar-refractivity contribution in [2.24, 2.45) is 0 Å². The highest BCUT2D eigenvalue weighted by atomic mass is 14.7. The summed E-state index contributed by atoms with van der Waals surface area (Å²) in [6.45, 7) is 0. The fourth-order valence-electron chi connectivity index (χ4n) is 1.20. The quantitative estimate of drug-likeness (QED) is 0.493. The molecule has 0 saturated heterocycles. The Hall–Kier alpha value is -1.89. The minimum Gasteiger partial charge on any atom is -0.248 e. The summed E-state index contributed by atoms with van der Waals surface area (Å²) in [5, 5.41) is -0.318. The van der Waals surface area contributed by atoms with Crippen molar-refractivity contribution in [2.45, 2.75) is 0 Å². The summed E-state index contributed by atoms with van der Waals surface area (Å²) in [4.78, 5) is 4.02. The third kappa shape index (κ3) is 1.06. The molecule has 3 rings (SSSR count). The van der Waals surface area contributed by atoms with E-state index in [9.17, 15) is 0 Å². The van der Waals surface area contributed by atoms with Gasteiger partial charge < -0.3 is 0 Å². The lowest BCUT2D eigenvalue weighted by Gasteiger charge is -1.99. The lowest BCUT2D eigenvalue weighted by atomic mass is 10.1. The summed E-state index contributed by atoms with van der Waals surface area (Å²) < 4.78 is 70.5. The predicted molar refractivity (Wildman–Crippen MR) is 59.2 cm³/mol. The number of rotatable bonds is 0. The van der Waals surface area contributed by atoms with Gasteiger partial charge in [0.05, 0.1) is 23.4 Å². The zero-order valence-electron chi connectivity index (χ0n) is 15.9. The first-order valence-corrected chi connectivity index (χ1v) is 3.95. The lowest BCUT2D eigenvalue weighted by molar-refractivity contribution is 1.50. The molecule has 0 fully saturated rings. The molecule has 1 heterocycles. The fraction of sp³-hybridized carbons (Fsp3) is 0. The van der Waals surface area contributed by atoms with Gasteiger partial charge in [0.1, 0.15) is 0 Å². The first-order chi connectivity index (χ1) is 10.7. The van der Waals surface area contributed by atoms with Crippen LogP contribution in [0.3, 0.4) is 0 Å². The molecule has 0 aliphatic heterocycles. The van der Waals surface area contributed by atoms with Crippen molar-refractivity contribution < 1.29 is 12.3 Å². The van der Waals surface area contributed by atoms with E-state index in [0.717, 1.165) is 0 Å². The number of benzene rings is 2. The van der Waals surface area contributed by atoms with Crippen molar-refractivity contribution in [1.82, 2.24) is 4.98 Å². The Bertz CT molecular complexity index is 935. The zero-order chi connectivity index (χ0) is 17.2. The van der Waals surface area contributed by atoms with E-state index in [1.54, 1.807) is 0 Å². The van der Waals surface area contributed by atoms with Crippen LogP contribution in [0.2, 0.25) is 0 Å². The molecule has 1 nitrogen and oxygen atoms in total. The van der Waals surface area contributed by atoms with Crippen molar-refractivity contribution in [3.8, 4) is 0 Å². The van der Waals surface area contributed by atoms with Gasteiger partial charge in [0.15, 0.2) is 0 Å². The van der Waals surface area contributed by atoms with Crippen molar-refractivity contribution in [2.75, 3.05) is 0 Å². The molecule has 1 aromatic heterocycles. The van der Waals surface area contributed by atoms with Crippen molar-refractivity contribution in [3.63, 3.8) is 0 Å². The molecule has 0 saturated carbocycles. The molecule has 0 amide bonds. The largest absolute Gasteiger partial charge is 0.248 e. The summed E-state index contributed by atoms with van der Waals surface area (Å²) in [5.41, 5.74) is -0.364. The van der Waals surface area contributed by atoms with Gasteiger partial charge in [0.2, 0.25) is 0 Å². The maximum absolute atomic E-state index is 8.21. The summed E-state index contributed by atoms with van der Waals surface area (Å²) in [6, 6.07) is -4.21. The lowest BCUT2D eigenvalue weighted by Crippen LogP contribution is -1.80. The highest BCUT2D eigenvalue weighted by Gasteiger charge is 1.96. The topological polar surface area (TPSA) is 12.9 Å². The van der Waals surface area contributed by atoms with Crippen LogP contribution < -0.4 is 0 Å². The molecule has 0 N–H and O–H groups in total. The van der Waals surface area contributed by atoms with Crippen LogP contribution in [0.5, 0.6) is 0 Å². The van der Waals surface area contributed by atoms with Crippen LogP contribution in [0.4, 0.5) is 0 Å². The van der Waals surface area contributed by atoms with Crippen LogP contribution in [0, 0.1) is 0 Å². The molecule has 66 valence electrons. The van der Waals surface area contributed by atoms with Gasteiger partial charge in [-0.25, -0.2) is 4.98 Å². The SMILES string of the molecule is [2H]c1c([2H])c([2H])c2c([2H])c3c([2H])c([2H])c([2H])c([2H])c3nc2c1[2H]. The predicted octanol–water partition coefficient (Wildman–Crippen LogP) is 3.39. The molecule has 0 spiro atoms. The molecule has 3 aromatic rings. The molecule has 0 aliphatic carbocycles. The van der Waals surface area contributed by atoms with Gasteiger partial charge in [-0.3, -0.25) is 0 Å². The Labute approximate surface area is 94.7 Å². The number of para-hydroxylation sites is 2. The van der Waals surface area contributed by atoms with E-state index in [2.05, 4.69) is 4.98 Å². The molecule has 0 unspecified atom stereocenters. The Morgan fingerprint density at radius 3 is 1.86 bits per heavy atom. The van der Waals surface area contributed by atoms with Crippen LogP contribution in [-0.2, 0) is 0 Å². The monoisotopic (exact) mass is 188 g/mol. The van der Waals surface area contributed by atoms with Gasteiger partial charge >= 0.3 is 0 Å². The van der Waals surface area contributed by atoms with Crippen LogP contribution in [0.25, 0.3) is 21.8 Å². The molecule has 2 aromatic carbocycles. The highest BCUT2D eigenvalue weighted by molar-refractivity contribution is 5.92. The van der Waals surface area contributed by atoms with E-state index in [4.69, 9.17) is 12.3 Å². The summed E-state index contributed by atoms with van der Waals surface area (Å²) >= 11 is 0. The zero-order valence-corrected chi connectivity index (χ0v) is 6.95. The summed E-state index contributed by atoms with van der Waals surface area (Å²) in [6.07, 6.45) is 0.